The van der Waals surface area contributed by atoms with Gasteiger partial charge in [-0.3, -0.25) is 14.2 Å². The van der Waals surface area contributed by atoms with Gasteiger partial charge in [0.2, 0.25) is 0 Å². The van der Waals surface area contributed by atoms with Gasteiger partial charge in [0.1, 0.15) is 15.4 Å². The number of esters is 1. The minimum atomic E-state index is -0.500. The van der Waals surface area contributed by atoms with Gasteiger partial charge in [0.15, 0.2) is 0 Å². The molecule has 3 heterocycles. The number of aromatic nitrogens is 2. The Morgan fingerprint density at radius 1 is 1.07 bits per heavy atom. The first-order valence-electron chi connectivity index (χ1n) is 13.0. The molecule has 7 nitrogen and oxygen atoms in total. The van der Waals surface area contributed by atoms with E-state index in [4.69, 9.17) is 4.74 Å². The van der Waals surface area contributed by atoms with E-state index >= 15 is 0 Å². The summed E-state index contributed by atoms with van der Waals surface area (Å²) in [6, 6.07) is 17.7. The molecule has 2 aromatic carbocycles. The molecule has 0 saturated carbocycles. The lowest BCUT2D eigenvalue weighted by Crippen LogP contribution is -2.21. The van der Waals surface area contributed by atoms with Crippen LogP contribution in [0.3, 0.4) is 0 Å². The number of nitrogens with zero attached hydrogens (tertiary/aromatic N) is 2. The van der Waals surface area contributed by atoms with Crippen molar-refractivity contribution in [2.24, 2.45) is 0 Å². The summed E-state index contributed by atoms with van der Waals surface area (Å²) >= 11 is 2.43. The topological polar surface area (TPSA) is 90.3 Å². The van der Waals surface area contributed by atoms with Crippen molar-refractivity contribution in [1.29, 1.82) is 0 Å². The zero-order chi connectivity index (χ0) is 28.4. The van der Waals surface area contributed by atoms with Crippen LogP contribution < -0.4 is 10.9 Å². The second kappa shape index (κ2) is 11.6. The van der Waals surface area contributed by atoms with Crippen molar-refractivity contribution in [3.63, 3.8) is 0 Å². The van der Waals surface area contributed by atoms with E-state index < -0.39 is 11.9 Å². The highest BCUT2D eigenvalue weighted by atomic mass is 32.1. The van der Waals surface area contributed by atoms with Gasteiger partial charge in [0.25, 0.3) is 11.5 Å². The normalized spacial score (nSPS) is 11.2. The van der Waals surface area contributed by atoms with Crippen LogP contribution in [0.1, 0.15) is 63.4 Å². The quantitative estimate of drug-likeness (QED) is 0.201. The summed E-state index contributed by atoms with van der Waals surface area (Å²) in [5.74, 6) is -0.512. The van der Waals surface area contributed by atoms with Crippen LogP contribution in [0.5, 0.6) is 0 Å². The Morgan fingerprint density at radius 3 is 2.48 bits per heavy atom. The van der Waals surface area contributed by atoms with E-state index in [0.29, 0.717) is 49.2 Å². The van der Waals surface area contributed by atoms with Crippen LogP contribution in [-0.4, -0.2) is 28.0 Å². The minimum Gasteiger partial charge on any atom is -0.462 e. The summed E-state index contributed by atoms with van der Waals surface area (Å²) < 4.78 is 6.90. The Balaban J connectivity index is 1.48. The Bertz CT molecular complexity index is 1750. The van der Waals surface area contributed by atoms with E-state index in [-0.39, 0.29) is 12.2 Å². The van der Waals surface area contributed by atoms with Crippen LogP contribution >= 0.6 is 22.7 Å². The smallest absolute Gasteiger partial charge is 0.341 e. The van der Waals surface area contributed by atoms with E-state index in [0.717, 1.165) is 22.5 Å². The number of fused-ring (bicyclic) bond motifs is 1. The number of anilines is 1. The number of carbonyl (C=O) groups excluding carboxylic acids is 2. The first-order valence-corrected chi connectivity index (χ1v) is 14.7. The maximum atomic E-state index is 13.5. The standard InChI is InChI=1S/C31H29N3O4S2/c1-5-38-31(37)25-23(22-13-11-21(12-14-22)18(2)3)16-39-29(25)33-27(35)26-19(4)24-28(40-26)32-17-34(30(24)36)15-20-9-7-6-8-10-20/h6-14,16-18H,5,15H2,1-4H3,(H,33,35). The molecule has 0 fully saturated rings. The lowest BCUT2D eigenvalue weighted by Gasteiger charge is -2.10. The van der Waals surface area contributed by atoms with Crippen LogP contribution in [-0.2, 0) is 11.3 Å². The summed E-state index contributed by atoms with van der Waals surface area (Å²) in [4.78, 5) is 45.2. The summed E-state index contributed by atoms with van der Waals surface area (Å²) in [5.41, 5.74) is 4.43. The molecule has 1 amide bonds. The molecule has 0 radical (unpaired) electrons. The lowest BCUT2D eigenvalue weighted by molar-refractivity contribution is 0.0529. The average molecular weight is 572 g/mol. The first-order chi connectivity index (χ1) is 19.3. The number of carbonyl (C=O) groups is 2. The Kier molecular flexibility index (Phi) is 7.95. The number of benzene rings is 2. The summed E-state index contributed by atoms with van der Waals surface area (Å²) in [7, 11) is 0. The van der Waals surface area contributed by atoms with Gasteiger partial charge in [-0.05, 0) is 42.0 Å². The van der Waals surface area contributed by atoms with Gasteiger partial charge in [0, 0.05) is 10.9 Å². The molecule has 0 atom stereocenters. The third-order valence-corrected chi connectivity index (χ3v) is 8.80. The molecular weight excluding hydrogens is 542 g/mol. The highest BCUT2D eigenvalue weighted by molar-refractivity contribution is 7.21. The van der Waals surface area contributed by atoms with Crippen LogP contribution in [0.2, 0.25) is 0 Å². The maximum absolute atomic E-state index is 13.5. The average Bonchev–Trinajstić information content (AvgIpc) is 3.52. The fraction of sp³-hybridized carbons (Fsp3) is 0.226. The number of aryl methyl sites for hydroxylation is 1. The molecule has 1 N–H and O–H groups in total. The molecule has 9 heteroatoms. The van der Waals surface area contributed by atoms with Gasteiger partial charge >= 0.3 is 5.97 Å². The molecule has 0 aliphatic carbocycles. The molecule has 5 rings (SSSR count). The lowest BCUT2D eigenvalue weighted by atomic mass is 9.98. The highest BCUT2D eigenvalue weighted by Crippen LogP contribution is 2.38. The van der Waals surface area contributed by atoms with Crippen LogP contribution in [0.4, 0.5) is 5.00 Å². The number of thiophene rings is 2. The molecule has 0 bridgehead atoms. The van der Waals surface area contributed by atoms with E-state index in [2.05, 4.69) is 24.1 Å². The highest BCUT2D eigenvalue weighted by Gasteiger charge is 2.25. The number of nitrogens with one attached hydrogen (secondary N) is 1. The Hall–Kier alpha value is -4.08. The van der Waals surface area contributed by atoms with E-state index in [9.17, 15) is 14.4 Å². The molecule has 0 saturated heterocycles. The number of hydrogen-bond donors (Lipinski definition) is 1. The third kappa shape index (κ3) is 5.35. The molecule has 3 aromatic heterocycles. The van der Waals surface area contributed by atoms with Crippen molar-refractivity contribution in [1.82, 2.24) is 9.55 Å². The molecule has 0 aliphatic heterocycles. The zero-order valence-electron chi connectivity index (χ0n) is 22.7. The van der Waals surface area contributed by atoms with Crippen molar-refractivity contribution in [3.8, 4) is 11.1 Å². The Labute approximate surface area is 240 Å². The van der Waals surface area contributed by atoms with Gasteiger partial charge in [-0.25, -0.2) is 9.78 Å². The zero-order valence-corrected chi connectivity index (χ0v) is 24.3. The predicted octanol–water partition coefficient (Wildman–Crippen LogP) is 7.10. The molecule has 40 heavy (non-hydrogen) atoms. The Morgan fingerprint density at radius 2 is 1.80 bits per heavy atom. The van der Waals surface area contributed by atoms with E-state index in [1.54, 1.807) is 18.4 Å². The largest absolute Gasteiger partial charge is 0.462 e. The third-order valence-electron chi connectivity index (χ3n) is 6.71. The van der Waals surface area contributed by atoms with Gasteiger partial charge in [-0.1, -0.05) is 68.4 Å². The molecule has 0 aliphatic rings. The van der Waals surface area contributed by atoms with Crippen molar-refractivity contribution >= 4 is 49.8 Å². The van der Waals surface area contributed by atoms with Gasteiger partial charge in [-0.15, -0.1) is 22.7 Å². The number of rotatable bonds is 8. The second-order valence-corrected chi connectivity index (χ2v) is 11.6. The monoisotopic (exact) mass is 571 g/mol. The molecule has 0 spiro atoms. The fourth-order valence-corrected chi connectivity index (χ4v) is 6.53. The van der Waals surface area contributed by atoms with E-state index in [1.807, 2.05) is 60.0 Å². The molecule has 0 unspecified atom stereocenters. The maximum Gasteiger partial charge on any atom is 0.341 e. The van der Waals surface area contributed by atoms with Gasteiger partial charge < -0.3 is 10.1 Å². The van der Waals surface area contributed by atoms with Gasteiger partial charge in [-0.2, -0.15) is 0 Å². The minimum absolute atomic E-state index is 0.197. The number of hydrogen-bond acceptors (Lipinski definition) is 7. The predicted molar refractivity (Wildman–Crippen MR) is 162 cm³/mol. The summed E-state index contributed by atoms with van der Waals surface area (Å²) in [6.45, 7) is 8.36. The van der Waals surface area contributed by atoms with E-state index in [1.165, 1.54) is 23.2 Å². The van der Waals surface area contributed by atoms with Crippen molar-refractivity contribution in [2.45, 2.75) is 40.2 Å². The molecule has 204 valence electrons. The van der Waals surface area contributed by atoms with Gasteiger partial charge in [0.05, 0.1) is 29.7 Å². The SMILES string of the molecule is CCOC(=O)c1c(-c2ccc(C(C)C)cc2)csc1NC(=O)c1sc2ncn(Cc3ccccc3)c(=O)c2c1C. The summed E-state index contributed by atoms with van der Waals surface area (Å²) in [6.07, 6.45) is 1.52. The van der Waals surface area contributed by atoms with Crippen LogP contribution in [0.25, 0.3) is 21.3 Å². The fourth-order valence-electron chi connectivity index (χ4n) is 4.54. The molecule has 5 aromatic rings. The molecular formula is C31H29N3O4S2. The van der Waals surface area contributed by atoms with Crippen molar-refractivity contribution in [2.75, 3.05) is 11.9 Å². The van der Waals surface area contributed by atoms with Crippen molar-refractivity contribution < 1.29 is 14.3 Å². The number of amides is 1. The van der Waals surface area contributed by atoms with Crippen molar-refractivity contribution in [3.05, 3.63) is 104 Å². The number of ether oxygens (including phenoxy) is 1. The first kappa shape index (κ1) is 27.5. The van der Waals surface area contributed by atoms with Crippen LogP contribution in [0, 0.1) is 6.92 Å². The summed E-state index contributed by atoms with van der Waals surface area (Å²) in [5, 5.41) is 5.60. The second-order valence-electron chi connectivity index (χ2n) is 9.70. The van der Waals surface area contributed by atoms with Crippen LogP contribution in [0.15, 0.2) is 71.1 Å².